The van der Waals surface area contributed by atoms with E-state index in [4.69, 9.17) is 13.9 Å². The number of nitrogens with one attached hydrogen (secondary N) is 1. The van der Waals surface area contributed by atoms with Crippen LogP contribution in [0.25, 0.3) is 0 Å². The summed E-state index contributed by atoms with van der Waals surface area (Å²) >= 11 is 0. The van der Waals surface area contributed by atoms with Crippen LogP contribution in [0.3, 0.4) is 0 Å². The third-order valence-corrected chi connectivity index (χ3v) is 3.02. The summed E-state index contributed by atoms with van der Waals surface area (Å²) in [4.78, 5) is 12.2. The minimum atomic E-state index is -0.573. The number of ether oxygens (including phenoxy) is 2. The Hall–Kier alpha value is -2.43. The summed E-state index contributed by atoms with van der Waals surface area (Å²) in [6.07, 6.45) is 1.56. The maximum absolute atomic E-state index is 12.2. The van der Waals surface area contributed by atoms with Gasteiger partial charge >= 0.3 is 0 Å². The maximum Gasteiger partial charge on any atom is 0.261 e. The van der Waals surface area contributed by atoms with Crippen molar-refractivity contribution < 1.29 is 18.7 Å². The van der Waals surface area contributed by atoms with Gasteiger partial charge in [0.25, 0.3) is 5.91 Å². The molecule has 0 saturated carbocycles. The predicted molar refractivity (Wildman–Crippen MR) is 78.3 cm³/mol. The van der Waals surface area contributed by atoms with Gasteiger partial charge in [0.15, 0.2) is 17.6 Å². The number of benzene rings is 1. The Morgan fingerprint density at radius 1 is 1.24 bits per heavy atom. The second-order valence-corrected chi connectivity index (χ2v) is 4.46. The molecular formula is C16H19NO4. The van der Waals surface area contributed by atoms with Crippen molar-refractivity contribution in [2.24, 2.45) is 0 Å². The van der Waals surface area contributed by atoms with E-state index in [1.54, 1.807) is 31.6 Å². The molecule has 5 heteroatoms. The zero-order chi connectivity index (χ0) is 15.1. The highest BCUT2D eigenvalue weighted by Crippen LogP contribution is 2.27. The average Bonchev–Trinajstić information content (AvgIpc) is 3.04. The van der Waals surface area contributed by atoms with E-state index >= 15 is 0 Å². The molecule has 0 aliphatic rings. The van der Waals surface area contributed by atoms with Gasteiger partial charge in [-0.05, 0) is 30.7 Å². The lowest BCUT2D eigenvalue weighted by molar-refractivity contribution is -0.128. The fourth-order valence-electron chi connectivity index (χ4n) is 1.89. The van der Waals surface area contributed by atoms with Crippen molar-refractivity contribution in [3.05, 3.63) is 48.4 Å². The molecule has 0 spiro atoms. The monoisotopic (exact) mass is 289 g/mol. The molecule has 1 aromatic heterocycles. The summed E-state index contributed by atoms with van der Waals surface area (Å²) in [5, 5.41) is 2.80. The van der Waals surface area contributed by atoms with Crippen molar-refractivity contribution in [1.82, 2.24) is 5.32 Å². The predicted octanol–water partition coefficient (Wildman–Crippen LogP) is 2.76. The van der Waals surface area contributed by atoms with Crippen LogP contribution in [0.15, 0.2) is 47.1 Å². The summed E-state index contributed by atoms with van der Waals surface area (Å²) < 4.78 is 16.1. The minimum Gasteiger partial charge on any atom is -0.493 e. The number of methoxy groups -OCH3 is 1. The van der Waals surface area contributed by atoms with Crippen molar-refractivity contribution in [1.29, 1.82) is 0 Å². The van der Waals surface area contributed by atoms with Crippen LogP contribution in [0.1, 0.15) is 19.1 Å². The van der Waals surface area contributed by atoms with Crippen LogP contribution in [0.4, 0.5) is 0 Å². The first-order valence-electron chi connectivity index (χ1n) is 6.84. The highest BCUT2D eigenvalue weighted by Gasteiger charge is 2.19. The molecule has 1 N–H and O–H groups in total. The zero-order valence-corrected chi connectivity index (χ0v) is 12.2. The van der Waals surface area contributed by atoms with Crippen molar-refractivity contribution in [2.45, 2.75) is 26.0 Å². The van der Waals surface area contributed by atoms with Gasteiger partial charge in [0.05, 0.1) is 19.9 Å². The van der Waals surface area contributed by atoms with Crippen LogP contribution >= 0.6 is 0 Å². The largest absolute Gasteiger partial charge is 0.493 e. The number of hydrogen-bond acceptors (Lipinski definition) is 4. The molecule has 1 aromatic carbocycles. The van der Waals surface area contributed by atoms with Crippen LogP contribution in [0, 0.1) is 0 Å². The normalized spacial score (nSPS) is 11.7. The zero-order valence-electron chi connectivity index (χ0n) is 12.2. The van der Waals surface area contributed by atoms with E-state index in [1.807, 2.05) is 25.1 Å². The molecule has 1 unspecified atom stereocenters. The number of carbonyl (C=O) groups is 1. The lowest BCUT2D eigenvalue weighted by atomic mass is 10.2. The van der Waals surface area contributed by atoms with Crippen molar-refractivity contribution in [3.63, 3.8) is 0 Å². The van der Waals surface area contributed by atoms with Gasteiger partial charge in [-0.3, -0.25) is 4.79 Å². The van der Waals surface area contributed by atoms with Gasteiger partial charge in [-0.25, -0.2) is 0 Å². The minimum absolute atomic E-state index is 0.181. The molecule has 1 heterocycles. The summed E-state index contributed by atoms with van der Waals surface area (Å²) in [6, 6.07) is 10.9. The number of amides is 1. The fourth-order valence-corrected chi connectivity index (χ4v) is 1.89. The lowest BCUT2D eigenvalue weighted by Crippen LogP contribution is -2.37. The van der Waals surface area contributed by atoms with Crippen LogP contribution in [0.5, 0.6) is 11.5 Å². The fraction of sp³-hybridized carbons (Fsp3) is 0.312. The molecule has 0 fully saturated rings. The summed E-state index contributed by atoms with van der Waals surface area (Å²) in [5.41, 5.74) is 0. The third kappa shape index (κ3) is 4.02. The highest BCUT2D eigenvalue weighted by atomic mass is 16.5. The van der Waals surface area contributed by atoms with Crippen molar-refractivity contribution in [3.8, 4) is 11.5 Å². The maximum atomic E-state index is 12.2. The number of carbonyl (C=O) groups excluding carboxylic acids is 1. The summed E-state index contributed by atoms with van der Waals surface area (Å²) in [7, 11) is 1.57. The molecule has 0 radical (unpaired) electrons. The SMILES string of the molecule is CCC(Oc1ccccc1OC)C(=O)NCc1ccco1. The number of hydrogen-bond donors (Lipinski definition) is 1. The molecule has 2 aromatic rings. The number of furan rings is 1. The van der Waals surface area contributed by atoms with Gasteiger partial charge in [0.2, 0.25) is 0 Å². The number of para-hydroxylation sites is 2. The molecule has 0 aliphatic heterocycles. The Bertz CT molecular complexity index is 565. The number of rotatable bonds is 7. The third-order valence-electron chi connectivity index (χ3n) is 3.02. The standard InChI is InChI=1S/C16H19NO4/c1-3-13(16(18)17-11-12-7-6-10-20-12)21-15-9-5-4-8-14(15)19-2/h4-10,13H,3,11H2,1-2H3,(H,17,18). The highest BCUT2D eigenvalue weighted by molar-refractivity contribution is 5.81. The quantitative estimate of drug-likeness (QED) is 0.851. The second kappa shape index (κ2) is 7.38. The average molecular weight is 289 g/mol. The van der Waals surface area contributed by atoms with E-state index < -0.39 is 6.10 Å². The molecule has 0 saturated heterocycles. The first-order chi connectivity index (χ1) is 10.2. The topological polar surface area (TPSA) is 60.7 Å². The van der Waals surface area contributed by atoms with Gasteiger partial charge in [0, 0.05) is 0 Å². The van der Waals surface area contributed by atoms with E-state index in [0.29, 0.717) is 30.2 Å². The summed E-state index contributed by atoms with van der Waals surface area (Å²) in [5.74, 6) is 1.69. The molecule has 1 amide bonds. The Labute approximate surface area is 123 Å². The molecule has 0 bridgehead atoms. The molecule has 0 aliphatic carbocycles. The van der Waals surface area contributed by atoms with Gasteiger partial charge in [-0.2, -0.15) is 0 Å². The van der Waals surface area contributed by atoms with Crippen molar-refractivity contribution in [2.75, 3.05) is 7.11 Å². The first-order valence-corrected chi connectivity index (χ1v) is 6.84. The van der Waals surface area contributed by atoms with Crippen LogP contribution < -0.4 is 14.8 Å². The summed E-state index contributed by atoms with van der Waals surface area (Å²) in [6.45, 7) is 2.24. The molecule has 112 valence electrons. The Balaban J connectivity index is 1.97. The molecule has 1 atom stereocenters. The smallest absolute Gasteiger partial charge is 0.261 e. The molecule has 2 rings (SSSR count). The van der Waals surface area contributed by atoms with Gasteiger partial charge in [-0.1, -0.05) is 19.1 Å². The van der Waals surface area contributed by atoms with Gasteiger partial charge in [-0.15, -0.1) is 0 Å². The van der Waals surface area contributed by atoms with E-state index in [1.165, 1.54) is 0 Å². The van der Waals surface area contributed by atoms with Crippen LogP contribution in [-0.4, -0.2) is 19.1 Å². The van der Waals surface area contributed by atoms with E-state index in [-0.39, 0.29) is 5.91 Å². The first kappa shape index (κ1) is 15.0. The Morgan fingerprint density at radius 2 is 2.00 bits per heavy atom. The second-order valence-electron chi connectivity index (χ2n) is 4.46. The molecule has 5 nitrogen and oxygen atoms in total. The van der Waals surface area contributed by atoms with Gasteiger partial charge < -0.3 is 19.2 Å². The Morgan fingerprint density at radius 3 is 2.62 bits per heavy atom. The molecule has 21 heavy (non-hydrogen) atoms. The van der Waals surface area contributed by atoms with Gasteiger partial charge in [0.1, 0.15) is 5.76 Å². The van der Waals surface area contributed by atoms with Crippen LogP contribution in [-0.2, 0) is 11.3 Å². The van der Waals surface area contributed by atoms with E-state index in [9.17, 15) is 4.79 Å². The van der Waals surface area contributed by atoms with Crippen LogP contribution in [0.2, 0.25) is 0 Å². The van der Waals surface area contributed by atoms with E-state index in [2.05, 4.69) is 5.32 Å². The Kier molecular flexibility index (Phi) is 5.26. The van der Waals surface area contributed by atoms with Crippen molar-refractivity contribution >= 4 is 5.91 Å². The van der Waals surface area contributed by atoms with E-state index in [0.717, 1.165) is 0 Å². The molecular weight excluding hydrogens is 270 g/mol. The lowest BCUT2D eigenvalue weighted by Gasteiger charge is -2.18.